The molecule has 1 aromatic heterocycles. The van der Waals surface area contributed by atoms with E-state index in [-0.39, 0.29) is 18.6 Å². The zero-order valence-corrected chi connectivity index (χ0v) is 18.0. The van der Waals surface area contributed by atoms with Crippen molar-refractivity contribution in [3.63, 3.8) is 0 Å². The number of furan rings is 1. The number of anilines is 1. The summed E-state index contributed by atoms with van der Waals surface area (Å²) in [6, 6.07) is 21.2. The minimum absolute atomic E-state index is 0.0209. The average Bonchev–Trinajstić information content (AvgIpc) is 3.34. The molecule has 1 fully saturated rings. The molecule has 7 heteroatoms. The van der Waals surface area contributed by atoms with E-state index in [4.69, 9.17) is 20.8 Å². The molecule has 2 heterocycles. The molecule has 2 aromatic carbocycles. The molecule has 1 atom stereocenters. The van der Waals surface area contributed by atoms with E-state index >= 15 is 0 Å². The number of rotatable bonds is 8. The Kier molecular flexibility index (Phi) is 7.12. The van der Waals surface area contributed by atoms with E-state index < -0.39 is 0 Å². The molecule has 0 spiro atoms. The summed E-state index contributed by atoms with van der Waals surface area (Å²) in [5.41, 5.74) is 1.24. The molecule has 1 saturated heterocycles. The Morgan fingerprint density at radius 3 is 2.42 bits per heavy atom. The molecule has 1 N–H and O–H groups in total. The molecule has 1 aliphatic heterocycles. The minimum Gasteiger partial charge on any atom is -0.484 e. The monoisotopic (exact) mass is 439 g/mol. The van der Waals surface area contributed by atoms with Crippen molar-refractivity contribution in [3.8, 4) is 5.75 Å². The van der Waals surface area contributed by atoms with Gasteiger partial charge in [0.25, 0.3) is 5.91 Å². The van der Waals surface area contributed by atoms with E-state index in [0.717, 1.165) is 31.9 Å². The van der Waals surface area contributed by atoms with Crippen LogP contribution in [-0.4, -0.2) is 50.1 Å². The summed E-state index contributed by atoms with van der Waals surface area (Å²) < 4.78 is 11.2. The number of nitrogens with zero attached hydrogens (tertiary/aromatic N) is 2. The van der Waals surface area contributed by atoms with Crippen LogP contribution >= 0.6 is 11.6 Å². The molecule has 31 heavy (non-hydrogen) atoms. The van der Waals surface area contributed by atoms with Gasteiger partial charge in [-0.2, -0.15) is 0 Å². The third-order valence-corrected chi connectivity index (χ3v) is 5.68. The van der Waals surface area contributed by atoms with Gasteiger partial charge in [0.15, 0.2) is 6.61 Å². The van der Waals surface area contributed by atoms with Crippen molar-refractivity contribution in [1.82, 2.24) is 10.2 Å². The average molecular weight is 440 g/mol. The molecule has 1 amide bonds. The van der Waals surface area contributed by atoms with Gasteiger partial charge in [-0.3, -0.25) is 9.69 Å². The summed E-state index contributed by atoms with van der Waals surface area (Å²) >= 11 is 5.87. The number of hydrogen-bond donors (Lipinski definition) is 1. The first-order valence-corrected chi connectivity index (χ1v) is 10.8. The van der Waals surface area contributed by atoms with Gasteiger partial charge in [-0.05, 0) is 48.5 Å². The van der Waals surface area contributed by atoms with Crippen LogP contribution in [0.3, 0.4) is 0 Å². The smallest absolute Gasteiger partial charge is 0.258 e. The van der Waals surface area contributed by atoms with E-state index in [1.54, 1.807) is 30.5 Å². The van der Waals surface area contributed by atoms with Gasteiger partial charge < -0.3 is 19.4 Å². The second-order valence-electron chi connectivity index (χ2n) is 7.44. The molecule has 0 bridgehead atoms. The molecule has 3 aromatic rings. The molecular formula is C24H26ClN3O3. The summed E-state index contributed by atoms with van der Waals surface area (Å²) in [7, 11) is 0. The van der Waals surface area contributed by atoms with Crippen molar-refractivity contribution in [2.75, 3.05) is 44.2 Å². The van der Waals surface area contributed by atoms with Crippen LogP contribution in [-0.2, 0) is 4.79 Å². The lowest BCUT2D eigenvalue weighted by Gasteiger charge is -2.39. The first-order valence-electron chi connectivity index (χ1n) is 10.4. The number of halogens is 1. The van der Waals surface area contributed by atoms with Crippen molar-refractivity contribution in [2.24, 2.45) is 0 Å². The van der Waals surface area contributed by atoms with E-state index in [1.165, 1.54) is 5.69 Å². The number of nitrogens with one attached hydrogen (secondary N) is 1. The van der Waals surface area contributed by atoms with E-state index in [2.05, 4.69) is 39.4 Å². The van der Waals surface area contributed by atoms with Crippen LogP contribution in [0.1, 0.15) is 11.8 Å². The molecular weight excluding hydrogens is 414 g/mol. The maximum atomic E-state index is 12.4. The molecule has 4 rings (SSSR count). The van der Waals surface area contributed by atoms with Crippen LogP contribution in [0, 0.1) is 0 Å². The van der Waals surface area contributed by atoms with E-state index in [9.17, 15) is 4.79 Å². The second kappa shape index (κ2) is 10.4. The quantitative estimate of drug-likeness (QED) is 0.575. The third kappa shape index (κ3) is 5.81. The Hall–Kier alpha value is -2.96. The van der Waals surface area contributed by atoms with Gasteiger partial charge >= 0.3 is 0 Å². The lowest BCUT2D eigenvalue weighted by atomic mass is 10.1. The Balaban J connectivity index is 1.31. The molecule has 0 aliphatic carbocycles. The first-order chi connectivity index (χ1) is 15.2. The van der Waals surface area contributed by atoms with Crippen molar-refractivity contribution in [1.29, 1.82) is 0 Å². The number of carbonyl (C=O) groups is 1. The zero-order chi connectivity index (χ0) is 21.5. The summed E-state index contributed by atoms with van der Waals surface area (Å²) in [4.78, 5) is 17.1. The van der Waals surface area contributed by atoms with Crippen LogP contribution < -0.4 is 15.0 Å². The molecule has 0 saturated carbocycles. The van der Waals surface area contributed by atoms with Crippen LogP contribution in [0.4, 0.5) is 5.69 Å². The zero-order valence-electron chi connectivity index (χ0n) is 17.2. The van der Waals surface area contributed by atoms with Gasteiger partial charge in [0.2, 0.25) is 0 Å². The van der Waals surface area contributed by atoms with E-state index in [1.807, 2.05) is 18.2 Å². The van der Waals surface area contributed by atoms with Gasteiger partial charge in [0, 0.05) is 43.4 Å². The number of piperazine rings is 1. The maximum Gasteiger partial charge on any atom is 0.258 e. The summed E-state index contributed by atoms with van der Waals surface area (Å²) in [6.45, 7) is 4.04. The second-order valence-corrected chi connectivity index (χ2v) is 7.87. The number of carbonyl (C=O) groups excluding carboxylic acids is 1. The van der Waals surface area contributed by atoms with E-state index in [0.29, 0.717) is 17.3 Å². The van der Waals surface area contributed by atoms with Crippen LogP contribution in [0.2, 0.25) is 5.02 Å². The highest BCUT2D eigenvalue weighted by atomic mass is 35.5. The van der Waals surface area contributed by atoms with Gasteiger partial charge in [-0.1, -0.05) is 29.8 Å². The Labute approximate surface area is 187 Å². The fraction of sp³-hybridized carbons (Fsp3) is 0.292. The maximum absolute atomic E-state index is 12.4. The number of hydrogen-bond acceptors (Lipinski definition) is 5. The number of amides is 1. The fourth-order valence-corrected chi connectivity index (χ4v) is 3.89. The van der Waals surface area contributed by atoms with Gasteiger partial charge in [0.1, 0.15) is 11.5 Å². The van der Waals surface area contributed by atoms with Gasteiger partial charge in [-0.25, -0.2) is 0 Å². The Morgan fingerprint density at radius 2 is 1.74 bits per heavy atom. The first kappa shape index (κ1) is 21.3. The standard InChI is InChI=1S/C24H26ClN3O3/c25-19-8-10-21(11-9-19)31-18-24(29)26-17-22(23-7-4-16-30-23)28-14-12-27(13-15-28)20-5-2-1-3-6-20/h1-11,16,22H,12-15,17-18H2,(H,26,29)/t22-/m1/s1. The predicted octanol–water partition coefficient (Wildman–Crippen LogP) is 3.99. The topological polar surface area (TPSA) is 58.0 Å². The van der Waals surface area contributed by atoms with Gasteiger partial charge in [0.05, 0.1) is 12.3 Å². The molecule has 1 aliphatic rings. The summed E-state index contributed by atoms with van der Waals surface area (Å²) in [5, 5.41) is 3.62. The minimum atomic E-state index is -0.172. The van der Waals surface area contributed by atoms with Crippen molar-refractivity contribution >= 4 is 23.2 Å². The van der Waals surface area contributed by atoms with Crippen LogP contribution in [0.25, 0.3) is 0 Å². The number of para-hydroxylation sites is 1. The lowest BCUT2D eigenvalue weighted by molar-refractivity contribution is -0.123. The normalized spacial score (nSPS) is 15.5. The van der Waals surface area contributed by atoms with Crippen LogP contribution in [0.5, 0.6) is 5.75 Å². The Morgan fingerprint density at radius 1 is 1.00 bits per heavy atom. The van der Waals surface area contributed by atoms with Crippen molar-refractivity contribution in [2.45, 2.75) is 6.04 Å². The molecule has 0 unspecified atom stereocenters. The molecule has 6 nitrogen and oxygen atoms in total. The number of benzene rings is 2. The highest BCUT2D eigenvalue weighted by Gasteiger charge is 2.27. The highest BCUT2D eigenvalue weighted by Crippen LogP contribution is 2.24. The largest absolute Gasteiger partial charge is 0.484 e. The van der Waals surface area contributed by atoms with Crippen molar-refractivity contribution < 1.29 is 13.9 Å². The summed E-state index contributed by atoms with van der Waals surface area (Å²) in [5.74, 6) is 1.29. The molecule has 0 radical (unpaired) electrons. The van der Waals surface area contributed by atoms with Crippen LogP contribution in [0.15, 0.2) is 77.4 Å². The molecule has 162 valence electrons. The fourth-order valence-electron chi connectivity index (χ4n) is 3.76. The van der Waals surface area contributed by atoms with Gasteiger partial charge in [-0.15, -0.1) is 0 Å². The SMILES string of the molecule is O=C(COc1ccc(Cl)cc1)NC[C@H](c1ccco1)N1CCN(c2ccccc2)CC1. The Bertz CT molecular complexity index is 940. The van der Waals surface area contributed by atoms with Crippen molar-refractivity contribution in [3.05, 3.63) is 83.8 Å². The lowest BCUT2D eigenvalue weighted by Crippen LogP contribution is -2.50. The highest BCUT2D eigenvalue weighted by molar-refractivity contribution is 6.30. The number of ether oxygens (including phenoxy) is 1. The predicted molar refractivity (Wildman–Crippen MR) is 122 cm³/mol. The summed E-state index contributed by atoms with van der Waals surface area (Å²) in [6.07, 6.45) is 1.67. The third-order valence-electron chi connectivity index (χ3n) is 5.42.